The number of unbranched alkanes of at least 4 members (excludes halogenated alkanes) is 6. The summed E-state index contributed by atoms with van der Waals surface area (Å²) in [5.74, 6) is 0. The second-order valence-corrected chi connectivity index (χ2v) is 7.53. The Labute approximate surface area is 130 Å². The molecule has 1 rings (SSSR count). The Morgan fingerprint density at radius 3 is 2.14 bits per heavy atom. The number of nitrogens with one attached hydrogen (secondary N) is 1. The van der Waals surface area contributed by atoms with Crippen LogP contribution in [0.15, 0.2) is 23.1 Å². The summed E-state index contributed by atoms with van der Waals surface area (Å²) in [6.07, 6.45) is 8.33. The Bertz CT molecular complexity index is 524. The Morgan fingerprint density at radius 2 is 1.52 bits per heavy atom. The first-order valence-electron chi connectivity index (χ1n) is 8.04. The van der Waals surface area contributed by atoms with Crippen LogP contribution < -0.4 is 4.72 Å². The van der Waals surface area contributed by atoms with Gasteiger partial charge >= 0.3 is 0 Å². The van der Waals surface area contributed by atoms with Crippen molar-refractivity contribution in [2.24, 2.45) is 0 Å². The van der Waals surface area contributed by atoms with Crippen molar-refractivity contribution in [3.63, 3.8) is 0 Å². The molecule has 0 radical (unpaired) electrons. The second-order valence-electron chi connectivity index (χ2n) is 5.77. The van der Waals surface area contributed by atoms with Gasteiger partial charge in [-0.05, 0) is 43.5 Å². The normalized spacial score (nSPS) is 11.8. The van der Waals surface area contributed by atoms with Crippen molar-refractivity contribution < 1.29 is 8.42 Å². The number of hydrogen-bond donors (Lipinski definition) is 1. The average molecular weight is 311 g/mol. The van der Waals surface area contributed by atoms with E-state index in [1.54, 1.807) is 12.1 Å². The van der Waals surface area contributed by atoms with Gasteiger partial charge in [-0.3, -0.25) is 0 Å². The lowest BCUT2D eigenvalue weighted by molar-refractivity contribution is 0.563. The molecular weight excluding hydrogens is 282 g/mol. The van der Waals surface area contributed by atoms with Crippen molar-refractivity contribution in [3.8, 4) is 0 Å². The Morgan fingerprint density at radius 1 is 0.905 bits per heavy atom. The van der Waals surface area contributed by atoms with E-state index in [0.29, 0.717) is 11.4 Å². The van der Waals surface area contributed by atoms with Gasteiger partial charge in [0.05, 0.1) is 4.90 Å². The molecular formula is C17H29NO2S. The molecule has 21 heavy (non-hydrogen) atoms. The van der Waals surface area contributed by atoms with E-state index >= 15 is 0 Å². The van der Waals surface area contributed by atoms with E-state index in [-0.39, 0.29) is 0 Å². The second kappa shape index (κ2) is 9.21. The van der Waals surface area contributed by atoms with Crippen LogP contribution in [0.5, 0.6) is 0 Å². The molecule has 0 atom stereocenters. The molecule has 4 heteroatoms. The quantitative estimate of drug-likeness (QED) is 0.654. The van der Waals surface area contributed by atoms with Gasteiger partial charge in [0, 0.05) is 6.54 Å². The minimum Gasteiger partial charge on any atom is -0.211 e. The molecule has 0 bridgehead atoms. The van der Waals surface area contributed by atoms with Gasteiger partial charge in [-0.15, -0.1) is 0 Å². The third-order valence-corrected chi connectivity index (χ3v) is 5.32. The highest BCUT2D eigenvalue weighted by atomic mass is 32.2. The topological polar surface area (TPSA) is 46.2 Å². The van der Waals surface area contributed by atoms with Crippen LogP contribution in [-0.4, -0.2) is 15.0 Å². The fourth-order valence-electron chi connectivity index (χ4n) is 2.25. The molecule has 1 aromatic carbocycles. The molecule has 0 saturated carbocycles. The molecule has 1 N–H and O–H groups in total. The van der Waals surface area contributed by atoms with Gasteiger partial charge in [0.1, 0.15) is 0 Å². The molecule has 0 saturated heterocycles. The largest absolute Gasteiger partial charge is 0.240 e. The van der Waals surface area contributed by atoms with Crippen LogP contribution in [0.2, 0.25) is 0 Å². The third kappa shape index (κ3) is 6.62. The minimum absolute atomic E-state index is 0.369. The van der Waals surface area contributed by atoms with Crippen molar-refractivity contribution in [2.45, 2.75) is 70.6 Å². The lowest BCUT2D eigenvalue weighted by Crippen LogP contribution is -2.24. The number of benzene rings is 1. The first-order chi connectivity index (χ1) is 9.97. The molecule has 0 aliphatic carbocycles. The van der Waals surface area contributed by atoms with Crippen LogP contribution in [0.4, 0.5) is 0 Å². The maximum Gasteiger partial charge on any atom is 0.240 e. The highest BCUT2D eigenvalue weighted by Crippen LogP contribution is 2.14. The molecule has 3 nitrogen and oxygen atoms in total. The van der Waals surface area contributed by atoms with Crippen molar-refractivity contribution >= 4 is 10.0 Å². The number of aryl methyl sites for hydroxylation is 2. The summed E-state index contributed by atoms with van der Waals surface area (Å²) in [5.41, 5.74) is 2.12. The first kappa shape index (κ1) is 18.2. The van der Waals surface area contributed by atoms with Gasteiger partial charge in [-0.25, -0.2) is 13.1 Å². The summed E-state index contributed by atoms with van der Waals surface area (Å²) in [6.45, 7) is 6.66. The zero-order valence-corrected chi connectivity index (χ0v) is 14.4. The van der Waals surface area contributed by atoms with Gasteiger partial charge in [-0.2, -0.15) is 0 Å². The smallest absolute Gasteiger partial charge is 0.211 e. The van der Waals surface area contributed by atoms with Crippen molar-refractivity contribution in [1.29, 1.82) is 0 Å². The van der Waals surface area contributed by atoms with E-state index < -0.39 is 10.0 Å². The number of sulfonamides is 1. The summed E-state index contributed by atoms with van der Waals surface area (Å²) in [6, 6.07) is 5.27. The van der Waals surface area contributed by atoms with Crippen LogP contribution >= 0.6 is 0 Å². The first-order valence-corrected chi connectivity index (χ1v) is 9.52. The van der Waals surface area contributed by atoms with Gasteiger partial charge in [0.15, 0.2) is 0 Å². The SMILES string of the molecule is CCCCCCCCCNS(=O)(=O)c1ccc(C)c(C)c1. The molecule has 0 fully saturated rings. The lowest BCUT2D eigenvalue weighted by atomic mass is 10.1. The van der Waals surface area contributed by atoms with Crippen molar-refractivity contribution in [1.82, 2.24) is 4.72 Å². The van der Waals surface area contributed by atoms with E-state index in [0.717, 1.165) is 24.0 Å². The highest BCUT2D eigenvalue weighted by Gasteiger charge is 2.13. The zero-order valence-electron chi connectivity index (χ0n) is 13.6. The van der Waals surface area contributed by atoms with E-state index in [9.17, 15) is 8.42 Å². The predicted molar refractivity (Wildman–Crippen MR) is 89.1 cm³/mol. The molecule has 0 amide bonds. The maximum absolute atomic E-state index is 12.2. The van der Waals surface area contributed by atoms with E-state index in [1.165, 1.54) is 32.1 Å². The van der Waals surface area contributed by atoms with E-state index in [4.69, 9.17) is 0 Å². The highest BCUT2D eigenvalue weighted by molar-refractivity contribution is 7.89. The number of hydrogen-bond acceptors (Lipinski definition) is 2. The molecule has 0 aliphatic rings. The Kier molecular flexibility index (Phi) is 7.97. The summed E-state index contributed by atoms with van der Waals surface area (Å²) in [5, 5.41) is 0. The average Bonchev–Trinajstić information content (AvgIpc) is 2.44. The lowest BCUT2D eigenvalue weighted by Gasteiger charge is -2.08. The van der Waals surface area contributed by atoms with Crippen LogP contribution in [-0.2, 0) is 10.0 Å². The van der Waals surface area contributed by atoms with E-state index in [2.05, 4.69) is 11.6 Å². The van der Waals surface area contributed by atoms with Gasteiger partial charge in [0.2, 0.25) is 10.0 Å². The summed E-state index contributed by atoms with van der Waals surface area (Å²) in [7, 11) is -3.35. The fraction of sp³-hybridized carbons (Fsp3) is 0.647. The summed E-state index contributed by atoms with van der Waals surface area (Å²) in [4.78, 5) is 0.369. The standard InChI is InChI=1S/C17H29NO2S/c1-4-5-6-7-8-9-10-13-18-21(19,20)17-12-11-15(2)16(3)14-17/h11-12,14,18H,4-10,13H2,1-3H3. The summed E-state index contributed by atoms with van der Waals surface area (Å²) < 4.78 is 27.0. The van der Waals surface area contributed by atoms with Crippen LogP contribution in [0, 0.1) is 13.8 Å². The van der Waals surface area contributed by atoms with Crippen molar-refractivity contribution in [3.05, 3.63) is 29.3 Å². The molecule has 120 valence electrons. The Balaban J connectivity index is 2.31. The van der Waals surface area contributed by atoms with Crippen LogP contribution in [0.1, 0.15) is 63.0 Å². The van der Waals surface area contributed by atoms with Gasteiger partial charge in [0.25, 0.3) is 0 Å². The van der Waals surface area contributed by atoms with Crippen molar-refractivity contribution in [2.75, 3.05) is 6.54 Å². The van der Waals surface area contributed by atoms with Gasteiger partial charge < -0.3 is 0 Å². The monoisotopic (exact) mass is 311 g/mol. The molecule has 1 aromatic rings. The molecule has 0 aromatic heterocycles. The molecule has 0 spiro atoms. The third-order valence-electron chi connectivity index (χ3n) is 3.86. The Hall–Kier alpha value is -0.870. The maximum atomic E-state index is 12.2. The predicted octanol–water partition coefficient (Wildman–Crippen LogP) is 4.33. The van der Waals surface area contributed by atoms with Crippen LogP contribution in [0.25, 0.3) is 0 Å². The molecule has 0 heterocycles. The zero-order chi connectivity index (χ0) is 15.7. The number of rotatable bonds is 10. The molecule has 0 unspecified atom stereocenters. The summed E-state index contributed by atoms with van der Waals surface area (Å²) >= 11 is 0. The van der Waals surface area contributed by atoms with Crippen LogP contribution in [0.3, 0.4) is 0 Å². The van der Waals surface area contributed by atoms with Gasteiger partial charge in [-0.1, -0.05) is 51.5 Å². The fourth-order valence-corrected chi connectivity index (χ4v) is 3.41. The minimum atomic E-state index is -3.35. The van der Waals surface area contributed by atoms with E-state index in [1.807, 2.05) is 19.9 Å². The molecule has 0 aliphatic heterocycles.